The second kappa shape index (κ2) is 8.22. The van der Waals surface area contributed by atoms with Crippen molar-refractivity contribution in [3.8, 4) is 11.5 Å². The molecule has 2 fully saturated rings. The Bertz CT molecular complexity index is 1200. The number of carbonyl (C=O) groups excluding carboxylic acids is 2. The Kier molecular flexibility index (Phi) is 5.22. The molecule has 2 amide bonds. The Morgan fingerprint density at radius 1 is 0.818 bits per heavy atom. The Labute approximate surface area is 189 Å². The number of ether oxygens (including phenoxy) is 2. The maximum atomic E-state index is 13.6. The molecule has 2 aliphatic rings. The first-order chi connectivity index (χ1) is 16.0. The number of rotatable bonds is 5. The summed E-state index contributed by atoms with van der Waals surface area (Å²) in [5.74, 6) is -1.10. The van der Waals surface area contributed by atoms with Gasteiger partial charge in [-0.2, -0.15) is 0 Å². The van der Waals surface area contributed by atoms with Gasteiger partial charge in [-0.15, -0.1) is 0 Å². The van der Waals surface area contributed by atoms with E-state index in [2.05, 4.69) is 0 Å². The van der Waals surface area contributed by atoms with Crippen molar-refractivity contribution < 1.29 is 28.3 Å². The van der Waals surface area contributed by atoms with Gasteiger partial charge in [-0.3, -0.25) is 14.4 Å². The third kappa shape index (κ3) is 3.39. The number of benzene rings is 3. The van der Waals surface area contributed by atoms with Gasteiger partial charge in [-0.05, 0) is 54.1 Å². The highest BCUT2D eigenvalue weighted by Gasteiger charge is 2.60. The SMILES string of the molecule is COc1ccc(C2C3C(=O)N(c4ccc(F)cc4)C(=O)C3ON2c2ccccc2)cc1OC. The molecule has 3 unspecified atom stereocenters. The fourth-order valence-electron chi connectivity index (χ4n) is 4.43. The van der Waals surface area contributed by atoms with Crippen LogP contribution in [0.3, 0.4) is 0 Å². The van der Waals surface area contributed by atoms with E-state index in [4.69, 9.17) is 14.3 Å². The quantitative estimate of drug-likeness (QED) is 0.552. The summed E-state index contributed by atoms with van der Waals surface area (Å²) in [6, 6.07) is 19.3. The van der Waals surface area contributed by atoms with Crippen LogP contribution in [0.4, 0.5) is 15.8 Å². The number of amides is 2. The molecule has 7 nitrogen and oxygen atoms in total. The summed E-state index contributed by atoms with van der Waals surface area (Å²) < 4.78 is 24.2. The second-order valence-electron chi connectivity index (χ2n) is 7.76. The van der Waals surface area contributed by atoms with Crippen molar-refractivity contribution in [2.75, 3.05) is 24.2 Å². The van der Waals surface area contributed by atoms with Crippen molar-refractivity contribution in [3.63, 3.8) is 0 Å². The summed E-state index contributed by atoms with van der Waals surface area (Å²) in [4.78, 5) is 34.0. The van der Waals surface area contributed by atoms with Crippen molar-refractivity contribution in [2.24, 2.45) is 5.92 Å². The van der Waals surface area contributed by atoms with Crippen LogP contribution in [-0.2, 0) is 14.4 Å². The predicted octanol–water partition coefficient (Wildman–Crippen LogP) is 3.89. The number of nitrogens with zero attached hydrogens (tertiary/aromatic N) is 2. The van der Waals surface area contributed by atoms with Gasteiger partial charge < -0.3 is 9.47 Å². The predicted molar refractivity (Wildman–Crippen MR) is 118 cm³/mol. The van der Waals surface area contributed by atoms with E-state index in [9.17, 15) is 14.0 Å². The number of para-hydroxylation sites is 1. The van der Waals surface area contributed by atoms with Gasteiger partial charge in [-0.25, -0.2) is 14.4 Å². The smallest absolute Gasteiger partial charge is 0.266 e. The van der Waals surface area contributed by atoms with Crippen LogP contribution in [0.1, 0.15) is 11.6 Å². The lowest BCUT2D eigenvalue weighted by Crippen LogP contribution is -2.37. The zero-order chi connectivity index (χ0) is 23.1. The first-order valence-corrected chi connectivity index (χ1v) is 10.4. The number of carbonyl (C=O) groups is 2. The number of halogens is 1. The van der Waals surface area contributed by atoms with E-state index in [1.54, 1.807) is 24.3 Å². The summed E-state index contributed by atoms with van der Waals surface area (Å²) >= 11 is 0. The van der Waals surface area contributed by atoms with Crippen LogP contribution in [0, 0.1) is 11.7 Å². The third-order valence-electron chi connectivity index (χ3n) is 5.96. The fraction of sp³-hybridized carbons (Fsp3) is 0.200. The van der Waals surface area contributed by atoms with Gasteiger partial charge in [0.05, 0.1) is 31.6 Å². The van der Waals surface area contributed by atoms with Crippen LogP contribution >= 0.6 is 0 Å². The Morgan fingerprint density at radius 3 is 2.18 bits per heavy atom. The lowest BCUT2D eigenvalue weighted by molar-refractivity contribution is -0.126. The van der Waals surface area contributed by atoms with Crippen molar-refractivity contribution in [1.82, 2.24) is 0 Å². The molecular formula is C25H21FN2O5. The number of fused-ring (bicyclic) bond motifs is 1. The van der Waals surface area contributed by atoms with Crippen molar-refractivity contribution in [1.29, 1.82) is 0 Å². The molecule has 0 radical (unpaired) electrons. The third-order valence-corrected chi connectivity index (χ3v) is 5.96. The van der Waals surface area contributed by atoms with E-state index in [0.717, 1.165) is 10.5 Å². The molecule has 2 saturated heterocycles. The average molecular weight is 448 g/mol. The zero-order valence-electron chi connectivity index (χ0n) is 18.0. The molecule has 3 atom stereocenters. The van der Waals surface area contributed by atoms with Crippen LogP contribution in [0.15, 0.2) is 72.8 Å². The van der Waals surface area contributed by atoms with Crippen LogP contribution in [0.2, 0.25) is 0 Å². The average Bonchev–Trinajstić information content (AvgIpc) is 3.36. The summed E-state index contributed by atoms with van der Waals surface area (Å²) in [6.07, 6.45) is -1.01. The van der Waals surface area contributed by atoms with E-state index in [0.29, 0.717) is 22.9 Å². The molecule has 2 heterocycles. The van der Waals surface area contributed by atoms with Gasteiger partial charge in [0.1, 0.15) is 11.7 Å². The maximum absolute atomic E-state index is 13.6. The second-order valence-corrected chi connectivity index (χ2v) is 7.76. The molecule has 3 aromatic rings. The summed E-state index contributed by atoms with van der Waals surface area (Å²) in [5.41, 5.74) is 1.74. The van der Waals surface area contributed by atoms with E-state index >= 15 is 0 Å². The molecule has 8 heteroatoms. The minimum atomic E-state index is -1.01. The van der Waals surface area contributed by atoms with Crippen LogP contribution in [0.5, 0.6) is 11.5 Å². The lowest BCUT2D eigenvalue weighted by Gasteiger charge is -2.29. The van der Waals surface area contributed by atoms with E-state index in [1.807, 2.05) is 36.4 Å². The molecule has 0 saturated carbocycles. The highest BCUT2D eigenvalue weighted by molar-refractivity contribution is 6.23. The van der Waals surface area contributed by atoms with Crippen LogP contribution in [0.25, 0.3) is 0 Å². The van der Waals surface area contributed by atoms with Crippen molar-refractivity contribution in [2.45, 2.75) is 12.1 Å². The highest BCUT2D eigenvalue weighted by atomic mass is 19.1. The summed E-state index contributed by atoms with van der Waals surface area (Å²) in [7, 11) is 3.08. The standard InChI is InChI=1S/C25H21FN2O5/c1-31-19-13-8-15(14-20(19)32-2)22-21-23(33-28(22)18-6-4-3-5-7-18)25(30)27(24(21)29)17-11-9-16(26)10-12-17/h3-14,21-23H,1-2H3. The molecule has 0 N–H and O–H groups in total. The molecular weight excluding hydrogens is 427 g/mol. The van der Waals surface area contributed by atoms with Gasteiger partial charge in [0.2, 0.25) is 5.91 Å². The van der Waals surface area contributed by atoms with E-state index in [-0.39, 0.29) is 0 Å². The molecule has 0 aromatic heterocycles. The molecule has 5 rings (SSSR count). The monoisotopic (exact) mass is 448 g/mol. The highest BCUT2D eigenvalue weighted by Crippen LogP contribution is 2.48. The molecule has 0 aliphatic carbocycles. The molecule has 33 heavy (non-hydrogen) atoms. The summed E-state index contributed by atoms with van der Waals surface area (Å²) in [5, 5.41) is 1.61. The molecule has 0 spiro atoms. The molecule has 3 aromatic carbocycles. The lowest BCUT2D eigenvalue weighted by atomic mass is 9.90. The minimum Gasteiger partial charge on any atom is -0.493 e. The Balaban J connectivity index is 1.60. The number of anilines is 2. The van der Waals surface area contributed by atoms with Gasteiger partial charge in [0, 0.05) is 0 Å². The van der Waals surface area contributed by atoms with Crippen LogP contribution in [-0.4, -0.2) is 32.1 Å². The fourth-order valence-corrected chi connectivity index (χ4v) is 4.43. The van der Waals surface area contributed by atoms with Crippen LogP contribution < -0.4 is 19.4 Å². The zero-order valence-corrected chi connectivity index (χ0v) is 18.0. The van der Waals surface area contributed by atoms with Gasteiger partial charge in [0.15, 0.2) is 17.6 Å². The number of methoxy groups -OCH3 is 2. The number of imide groups is 1. The van der Waals surface area contributed by atoms with Gasteiger partial charge in [-0.1, -0.05) is 24.3 Å². The summed E-state index contributed by atoms with van der Waals surface area (Å²) in [6.45, 7) is 0. The first kappa shape index (κ1) is 21.0. The first-order valence-electron chi connectivity index (χ1n) is 10.4. The topological polar surface area (TPSA) is 68.3 Å². The number of hydroxylamine groups is 1. The van der Waals surface area contributed by atoms with Crippen molar-refractivity contribution in [3.05, 3.63) is 84.2 Å². The van der Waals surface area contributed by atoms with Gasteiger partial charge in [0.25, 0.3) is 5.91 Å². The largest absolute Gasteiger partial charge is 0.493 e. The van der Waals surface area contributed by atoms with E-state index < -0.39 is 35.7 Å². The molecule has 2 aliphatic heterocycles. The molecule has 0 bridgehead atoms. The number of hydrogen-bond donors (Lipinski definition) is 0. The Morgan fingerprint density at radius 2 is 1.52 bits per heavy atom. The van der Waals surface area contributed by atoms with Crippen molar-refractivity contribution >= 4 is 23.2 Å². The molecule has 168 valence electrons. The minimum absolute atomic E-state index is 0.307. The normalized spacial score (nSPS) is 22.0. The van der Waals surface area contributed by atoms with E-state index in [1.165, 1.54) is 31.4 Å². The maximum Gasteiger partial charge on any atom is 0.266 e. The Hall–Kier alpha value is -3.91. The number of hydrogen-bond acceptors (Lipinski definition) is 6. The van der Waals surface area contributed by atoms with Gasteiger partial charge >= 0.3 is 0 Å².